The number of ether oxygens (including phenoxy) is 1. The topological polar surface area (TPSA) is 63.7 Å². The number of likely N-dealkylation sites (N-methyl/N-ethyl adjacent to an activating group) is 1. The molecule has 0 spiro atoms. The minimum absolute atomic E-state index is 0.104. The average Bonchev–Trinajstić information content (AvgIpc) is 2.93. The van der Waals surface area contributed by atoms with Gasteiger partial charge in [0, 0.05) is 13.5 Å². The predicted octanol–water partition coefficient (Wildman–Crippen LogP) is 4.73. The van der Waals surface area contributed by atoms with E-state index < -0.39 is 35.2 Å². The molecule has 0 aromatic heterocycles. The quantitative estimate of drug-likeness (QED) is 0.572. The van der Waals surface area contributed by atoms with Crippen molar-refractivity contribution in [1.29, 1.82) is 0 Å². The highest BCUT2D eigenvalue weighted by atomic mass is 19.1. The normalized spacial score (nSPS) is 14.4. The molecule has 3 rings (SSSR count). The van der Waals surface area contributed by atoms with E-state index in [-0.39, 0.29) is 37.4 Å². The standard InChI is InChI=1S/C27H31F2NO4/c1-16(30(5)23(31)14-15-24(32)34-27(2,3)4)26(33)25-19-8-6-10-21(28)17(19)12-13-18-20(25)9-7-11-22(18)29/h6-11,16,25H,12-15H2,1-5H3/t16-/m0/s1. The Bertz CT molecular complexity index is 1050. The molecule has 2 aromatic carbocycles. The molecule has 5 nitrogen and oxygen atoms in total. The van der Waals surface area contributed by atoms with Crippen molar-refractivity contribution in [3.05, 3.63) is 70.3 Å². The molecule has 1 aliphatic rings. The fourth-order valence-electron chi connectivity index (χ4n) is 4.37. The van der Waals surface area contributed by atoms with Crippen LogP contribution in [0.5, 0.6) is 0 Å². The molecule has 182 valence electrons. The summed E-state index contributed by atoms with van der Waals surface area (Å²) in [5, 5.41) is 0. The van der Waals surface area contributed by atoms with Crippen LogP contribution >= 0.6 is 0 Å². The van der Waals surface area contributed by atoms with Crippen LogP contribution in [-0.4, -0.2) is 41.3 Å². The summed E-state index contributed by atoms with van der Waals surface area (Å²) in [7, 11) is 1.50. The van der Waals surface area contributed by atoms with Crippen LogP contribution in [0.1, 0.15) is 68.7 Å². The van der Waals surface area contributed by atoms with Crippen molar-refractivity contribution in [2.24, 2.45) is 0 Å². The van der Waals surface area contributed by atoms with Crippen LogP contribution in [0.3, 0.4) is 0 Å². The summed E-state index contributed by atoms with van der Waals surface area (Å²) in [4.78, 5) is 39.8. The van der Waals surface area contributed by atoms with Crippen LogP contribution < -0.4 is 0 Å². The molecule has 2 aromatic rings. The van der Waals surface area contributed by atoms with Gasteiger partial charge in [-0.3, -0.25) is 14.4 Å². The molecule has 34 heavy (non-hydrogen) atoms. The molecule has 0 N–H and O–H groups in total. The zero-order valence-electron chi connectivity index (χ0n) is 20.3. The molecule has 0 aliphatic heterocycles. The second-order valence-electron chi connectivity index (χ2n) is 9.72. The Hall–Kier alpha value is -3.09. The number of carbonyl (C=O) groups excluding carboxylic acids is 3. The van der Waals surface area contributed by atoms with Crippen LogP contribution in [0.15, 0.2) is 36.4 Å². The van der Waals surface area contributed by atoms with Crippen molar-refractivity contribution in [3.63, 3.8) is 0 Å². The molecule has 0 radical (unpaired) electrons. The molecule has 1 amide bonds. The molecule has 7 heteroatoms. The molecular weight excluding hydrogens is 440 g/mol. The number of esters is 1. The number of halogens is 2. The average molecular weight is 472 g/mol. The highest BCUT2D eigenvalue weighted by molar-refractivity contribution is 5.96. The number of ketones is 1. The van der Waals surface area contributed by atoms with Crippen LogP contribution in [0.2, 0.25) is 0 Å². The fourth-order valence-corrected chi connectivity index (χ4v) is 4.37. The van der Waals surface area contributed by atoms with E-state index in [1.807, 2.05) is 0 Å². The van der Waals surface area contributed by atoms with Gasteiger partial charge in [-0.25, -0.2) is 8.78 Å². The van der Waals surface area contributed by atoms with E-state index in [9.17, 15) is 23.2 Å². The Morgan fingerprint density at radius 3 is 1.94 bits per heavy atom. The largest absolute Gasteiger partial charge is 0.460 e. The Kier molecular flexibility index (Phi) is 7.54. The third-order valence-corrected chi connectivity index (χ3v) is 6.19. The van der Waals surface area contributed by atoms with Crippen molar-refractivity contribution >= 4 is 17.7 Å². The molecule has 0 unspecified atom stereocenters. The highest BCUT2D eigenvalue weighted by Crippen LogP contribution is 2.38. The van der Waals surface area contributed by atoms with Gasteiger partial charge in [-0.2, -0.15) is 0 Å². The molecule has 0 heterocycles. The maximum Gasteiger partial charge on any atom is 0.306 e. The Labute approximate surface area is 199 Å². The first-order valence-corrected chi connectivity index (χ1v) is 11.5. The molecule has 0 fully saturated rings. The fraction of sp³-hybridized carbons (Fsp3) is 0.444. The van der Waals surface area contributed by atoms with Crippen molar-refractivity contribution in [3.8, 4) is 0 Å². The van der Waals surface area contributed by atoms with Gasteiger partial charge >= 0.3 is 5.97 Å². The molecule has 1 atom stereocenters. The summed E-state index contributed by atoms with van der Waals surface area (Å²) in [5.41, 5.74) is 1.12. The molecule has 0 saturated heterocycles. The van der Waals surface area contributed by atoms with Gasteiger partial charge in [0.2, 0.25) is 5.91 Å². The lowest BCUT2D eigenvalue weighted by Gasteiger charge is -2.29. The number of rotatable bonds is 6. The molecule has 1 aliphatic carbocycles. The van der Waals surface area contributed by atoms with Crippen molar-refractivity contribution in [2.45, 2.75) is 70.9 Å². The third kappa shape index (κ3) is 5.51. The maximum absolute atomic E-state index is 14.7. The monoisotopic (exact) mass is 471 g/mol. The van der Waals surface area contributed by atoms with Crippen molar-refractivity contribution in [2.75, 3.05) is 7.05 Å². The summed E-state index contributed by atoms with van der Waals surface area (Å²) in [5.74, 6) is -3.00. The first-order valence-electron chi connectivity index (χ1n) is 11.5. The van der Waals surface area contributed by atoms with E-state index >= 15 is 0 Å². The van der Waals surface area contributed by atoms with E-state index in [1.165, 1.54) is 24.1 Å². The van der Waals surface area contributed by atoms with Crippen molar-refractivity contribution in [1.82, 2.24) is 4.90 Å². The number of amides is 1. The Morgan fingerprint density at radius 2 is 1.47 bits per heavy atom. The number of hydrogen-bond donors (Lipinski definition) is 0. The third-order valence-electron chi connectivity index (χ3n) is 6.19. The van der Waals surface area contributed by atoms with Gasteiger partial charge in [0.15, 0.2) is 5.78 Å². The second kappa shape index (κ2) is 10.0. The number of nitrogens with zero attached hydrogens (tertiary/aromatic N) is 1. The number of carbonyl (C=O) groups is 3. The van der Waals surface area contributed by atoms with Gasteiger partial charge in [0.25, 0.3) is 0 Å². The lowest BCUT2D eigenvalue weighted by molar-refractivity contribution is -0.156. The minimum Gasteiger partial charge on any atom is -0.460 e. The first kappa shape index (κ1) is 25.5. The smallest absolute Gasteiger partial charge is 0.306 e. The number of benzene rings is 2. The van der Waals surface area contributed by atoms with Crippen LogP contribution in [0, 0.1) is 11.6 Å². The van der Waals surface area contributed by atoms with Crippen LogP contribution in [0.25, 0.3) is 0 Å². The van der Waals surface area contributed by atoms with Gasteiger partial charge in [0.05, 0.1) is 18.4 Å². The van der Waals surface area contributed by atoms with Gasteiger partial charge < -0.3 is 9.64 Å². The SMILES string of the molecule is C[C@@H](C(=O)C1c2cccc(F)c2CCc2c(F)cccc21)N(C)C(=O)CCC(=O)OC(C)(C)C. The van der Waals surface area contributed by atoms with E-state index in [2.05, 4.69) is 0 Å². The summed E-state index contributed by atoms with van der Waals surface area (Å²) in [6.45, 7) is 6.82. The van der Waals surface area contributed by atoms with Crippen LogP contribution in [-0.2, 0) is 32.0 Å². The van der Waals surface area contributed by atoms with Crippen LogP contribution in [0.4, 0.5) is 8.78 Å². The zero-order chi connectivity index (χ0) is 25.2. The number of fused-ring (bicyclic) bond motifs is 2. The molecule has 0 saturated carbocycles. The molecule has 0 bridgehead atoms. The van der Waals surface area contributed by atoms with Gasteiger partial charge in [-0.15, -0.1) is 0 Å². The van der Waals surface area contributed by atoms with E-state index in [1.54, 1.807) is 52.0 Å². The first-order chi connectivity index (χ1) is 15.9. The number of hydrogen-bond acceptors (Lipinski definition) is 4. The summed E-state index contributed by atoms with van der Waals surface area (Å²) in [6, 6.07) is 8.26. The van der Waals surface area contributed by atoms with Gasteiger partial charge in [0.1, 0.15) is 17.2 Å². The second-order valence-corrected chi connectivity index (χ2v) is 9.72. The lowest BCUT2D eigenvalue weighted by Crippen LogP contribution is -2.43. The number of Topliss-reactive ketones (excluding diaryl/α,β-unsaturated/α-hetero) is 1. The lowest BCUT2D eigenvalue weighted by atomic mass is 9.82. The van der Waals surface area contributed by atoms with Gasteiger partial charge in [-0.1, -0.05) is 24.3 Å². The summed E-state index contributed by atoms with van der Waals surface area (Å²) >= 11 is 0. The van der Waals surface area contributed by atoms with E-state index in [0.717, 1.165) is 0 Å². The van der Waals surface area contributed by atoms with Gasteiger partial charge in [-0.05, 0) is 74.9 Å². The predicted molar refractivity (Wildman–Crippen MR) is 124 cm³/mol. The zero-order valence-corrected chi connectivity index (χ0v) is 20.3. The van der Waals surface area contributed by atoms with E-state index in [0.29, 0.717) is 22.3 Å². The summed E-state index contributed by atoms with van der Waals surface area (Å²) in [6.07, 6.45) is 0.342. The summed E-state index contributed by atoms with van der Waals surface area (Å²) < 4.78 is 34.6. The maximum atomic E-state index is 14.7. The van der Waals surface area contributed by atoms with E-state index in [4.69, 9.17) is 4.74 Å². The minimum atomic E-state index is -0.907. The highest BCUT2D eigenvalue weighted by Gasteiger charge is 2.36. The Morgan fingerprint density at radius 1 is 0.971 bits per heavy atom. The van der Waals surface area contributed by atoms with Crippen molar-refractivity contribution < 1.29 is 27.9 Å². The molecular formula is C27H31F2NO4. The Balaban J connectivity index is 1.87.